The van der Waals surface area contributed by atoms with E-state index in [0.29, 0.717) is 0 Å². The van der Waals surface area contributed by atoms with Crippen molar-refractivity contribution >= 4 is 88.7 Å². The Morgan fingerprint density at radius 1 is 1.43 bits per heavy atom. The average molecular weight is 152 g/mol. The molecule has 0 unspecified atom stereocenters. The standard InChI is InChI=1S/CH2N2S2.2Na/c1-2-5-3-4-1;;/h1,3H;;. The summed E-state index contributed by atoms with van der Waals surface area (Å²) in [5, 5.41) is 0. The molecule has 2 radical (unpaired) electrons. The van der Waals surface area contributed by atoms with Gasteiger partial charge in [-0.25, -0.2) is 0 Å². The molecule has 1 aliphatic heterocycles. The Balaban J connectivity index is 0. The molecule has 0 spiro atoms. The summed E-state index contributed by atoms with van der Waals surface area (Å²) < 4.78 is 6.56. The molecule has 2 nitrogen and oxygen atoms in total. The van der Waals surface area contributed by atoms with Crippen LogP contribution in [0.15, 0.2) is 4.40 Å². The SMILES string of the molecule is C1=NSNS1.[Na].[Na]. The van der Waals surface area contributed by atoms with E-state index in [1.165, 1.54) is 24.1 Å². The fraction of sp³-hybridized carbons (Fsp3) is 0. The van der Waals surface area contributed by atoms with Crippen LogP contribution in [0.2, 0.25) is 0 Å². The largest absolute Gasteiger partial charge is 0.199 e. The van der Waals surface area contributed by atoms with Gasteiger partial charge in [-0.3, -0.25) is 0 Å². The molecule has 6 heteroatoms. The molecule has 0 aromatic carbocycles. The molecule has 0 fully saturated rings. The van der Waals surface area contributed by atoms with E-state index in [2.05, 4.69) is 8.53 Å². The van der Waals surface area contributed by atoms with Crippen LogP contribution in [0.3, 0.4) is 0 Å². The van der Waals surface area contributed by atoms with Gasteiger partial charge < -0.3 is 0 Å². The van der Waals surface area contributed by atoms with Gasteiger partial charge in [0.1, 0.15) is 0 Å². The van der Waals surface area contributed by atoms with Gasteiger partial charge >= 0.3 is 0 Å². The van der Waals surface area contributed by atoms with E-state index in [9.17, 15) is 0 Å². The first-order chi connectivity index (χ1) is 2.50. The molecular formula is CH2N2Na2S2. The van der Waals surface area contributed by atoms with E-state index >= 15 is 0 Å². The molecule has 1 aliphatic rings. The first-order valence-electron chi connectivity index (χ1n) is 1.08. The summed E-state index contributed by atoms with van der Waals surface area (Å²) >= 11 is 2.85. The summed E-state index contributed by atoms with van der Waals surface area (Å²) in [6.07, 6.45) is 0. The van der Waals surface area contributed by atoms with Crippen LogP contribution >= 0.6 is 24.1 Å². The molecule has 0 atom stereocenters. The van der Waals surface area contributed by atoms with Gasteiger partial charge in [0, 0.05) is 59.1 Å². The van der Waals surface area contributed by atoms with E-state index in [4.69, 9.17) is 0 Å². The van der Waals surface area contributed by atoms with Crippen molar-refractivity contribution in [1.82, 2.24) is 4.13 Å². The van der Waals surface area contributed by atoms with Crippen LogP contribution in [0, 0.1) is 0 Å². The predicted molar refractivity (Wildman–Crippen MR) is 38.3 cm³/mol. The van der Waals surface area contributed by atoms with Crippen LogP contribution in [-0.2, 0) is 0 Å². The molecule has 30 valence electrons. The average Bonchev–Trinajstić information content (AvgIpc) is 1.76. The quantitative estimate of drug-likeness (QED) is 0.392. The zero-order valence-corrected chi connectivity index (χ0v) is 9.97. The summed E-state index contributed by atoms with van der Waals surface area (Å²) in [4.78, 5) is 0. The number of hydrogen-bond donors (Lipinski definition) is 1. The topological polar surface area (TPSA) is 24.4 Å². The molecule has 0 saturated carbocycles. The molecular weight excluding hydrogens is 150 g/mol. The Hall–Kier alpha value is 2.33. The smallest absolute Gasteiger partial charge is 0.0856 e. The van der Waals surface area contributed by atoms with Crippen LogP contribution in [0.5, 0.6) is 0 Å². The van der Waals surface area contributed by atoms with E-state index < -0.39 is 0 Å². The van der Waals surface area contributed by atoms with Crippen LogP contribution in [-0.4, -0.2) is 64.7 Å². The van der Waals surface area contributed by atoms with Gasteiger partial charge in [-0.15, -0.1) is 0 Å². The molecule has 0 aliphatic carbocycles. The third-order valence-electron chi connectivity index (χ3n) is 0.234. The monoisotopic (exact) mass is 152 g/mol. The van der Waals surface area contributed by atoms with E-state index in [-0.39, 0.29) is 59.1 Å². The Labute approximate surface area is 95.7 Å². The fourth-order valence-electron chi connectivity index (χ4n) is 0.108. The van der Waals surface area contributed by atoms with E-state index in [1.807, 2.05) is 0 Å². The van der Waals surface area contributed by atoms with Crippen LogP contribution in [0.4, 0.5) is 0 Å². The molecule has 1 rings (SSSR count). The molecule has 0 aromatic rings. The molecule has 1 N–H and O–H groups in total. The normalized spacial score (nSPS) is 14.9. The van der Waals surface area contributed by atoms with Gasteiger partial charge in [-0.2, -0.15) is 8.53 Å². The summed E-state index contributed by atoms with van der Waals surface area (Å²) in [5.41, 5.74) is 1.75. The zero-order chi connectivity index (χ0) is 3.54. The van der Waals surface area contributed by atoms with Crippen molar-refractivity contribution in [3.8, 4) is 0 Å². The Morgan fingerprint density at radius 3 is 2.29 bits per heavy atom. The van der Waals surface area contributed by atoms with Gasteiger partial charge in [-0.1, -0.05) is 0 Å². The second kappa shape index (κ2) is 8.33. The number of hydrogen-bond acceptors (Lipinski definition) is 4. The molecule has 1 heterocycles. The summed E-state index contributed by atoms with van der Waals surface area (Å²) in [7, 11) is 0. The summed E-state index contributed by atoms with van der Waals surface area (Å²) in [6.45, 7) is 0. The van der Waals surface area contributed by atoms with Crippen molar-refractivity contribution < 1.29 is 0 Å². The minimum atomic E-state index is 0. The number of nitrogens with one attached hydrogen (secondary N) is 1. The first-order valence-corrected chi connectivity index (χ1v) is 2.74. The molecule has 0 bridgehead atoms. The van der Waals surface area contributed by atoms with Gasteiger partial charge in [0.15, 0.2) is 0 Å². The molecule has 0 aromatic heterocycles. The van der Waals surface area contributed by atoms with Crippen molar-refractivity contribution in [2.75, 3.05) is 0 Å². The van der Waals surface area contributed by atoms with Crippen LogP contribution < -0.4 is 4.13 Å². The maximum atomic E-state index is 3.73. The van der Waals surface area contributed by atoms with Crippen molar-refractivity contribution in [2.24, 2.45) is 4.40 Å². The second-order valence-electron chi connectivity index (χ2n) is 0.503. The third-order valence-corrected chi connectivity index (χ3v) is 1.47. The zero-order valence-electron chi connectivity index (χ0n) is 4.34. The first kappa shape index (κ1) is 12.0. The van der Waals surface area contributed by atoms with Gasteiger partial charge in [0.25, 0.3) is 0 Å². The molecule has 0 amide bonds. The third kappa shape index (κ3) is 6.21. The molecule has 7 heavy (non-hydrogen) atoms. The van der Waals surface area contributed by atoms with Crippen LogP contribution in [0.1, 0.15) is 0 Å². The van der Waals surface area contributed by atoms with E-state index in [0.717, 1.165) is 0 Å². The van der Waals surface area contributed by atoms with Gasteiger partial charge in [-0.05, 0) is 11.9 Å². The van der Waals surface area contributed by atoms with Gasteiger partial charge in [0.05, 0.1) is 17.7 Å². The Morgan fingerprint density at radius 2 is 2.14 bits per heavy atom. The Kier molecular flexibility index (Phi) is 14.3. The second-order valence-corrected chi connectivity index (χ2v) is 2.01. The minimum Gasteiger partial charge on any atom is -0.199 e. The van der Waals surface area contributed by atoms with Crippen molar-refractivity contribution in [3.05, 3.63) is 0 Å². The van der Waals surface area contributed by atoms with Crippen LogP contribution in [0.25, 0.3) is 0 Å². The minimum absolute atomic E-state index is 0. The predicted octanol–water partition coefficient (Wildman–Crippen LogP) is 0.0677. The van der Waals surface area contributed by atoms with Gasteiger partial charge in [0.2, 0.25) is 0 Å². The Bertz CT molecular complexity index is 51.7. The fourth-order valence-corrected chi connectivity index (χ4v) is 0.968. The van der Waals surface area contributed by atoms with E-state index in [1.54, 1.807) is 5.55 Å². The number of rotatable bonds is 0. The maximum absolute atomic E-state index is 3.73. The van der Waals surface area contributed by atoms with Crippen molar-refractivity contribution in [3.63, 3.8) is 0 Å². The summed E-state index contributed by atoms with van der Waals surface area (Å²) in [5.74, 6) is 0. The number of nitrogens with zero attached hydrogens (tertiary/aromatic N) is 1. The molecule has 0 saturated heterocycles. The maximum Gasteiger partial charge on any atom is 0.0856 e. The summed E-state index contributed by atoms with van der Waals surface area (Å²) in [6, 6.07) is 0. The van der Waals surface area contributed by atoms with Crippen molar-refractivity contribution in [2.45, 2.75) is 0 Å². The van der Waals surface area contributed by atoms with Crippen molar-refractivity contribution in [1.29, 1.82) is 0 Å².